The first-order valence-corrected chi connectivity index (χ1v) is 7.44. The molecule has 0 amide bonds. The Balaban J connectivity index is 2.55. The van der Waals surface area contributed by atoms with Crippen LogP contribution in [0, 0.1) is 0 Å². The quantitative estimate of drug-likeness (QED) is 0.911. The number of hydrogen-bond donors (Lipinski definition) is 1. The minimum atomic E-state index is 0.119. The third-order valence-electron chi connectivity index (χ3n) is 3.90. The summed E-state index contributed by atoms with van der Waals surface area (Å²) in [5, 5.41) is 0. The predicted molar refractivity (Wildman–Crippen MR) is 79.5 cm³/mol. The molecule has 1 aromatic rings. The number of methoxy groups -OCH3 is 1. The van der Waals surface area contributed by atoms with Gasteiger partial charge >= 0.3 is 0 Å². The van der Waals surface area contributed by atoms with Gasteiger partial charge in [-0.3, -0.25) is 0 Å². The summed E-state index contributed by atoms with van der Waals surface area (Å²) in [6, 6.07) is 6.49. The Morgan fingerprint density at radius 2 is 2.00 bits per heavy atom. The Bertz CT molecular complexity index is 444. The number of nitrogens with two attached hydrogens (primary N) is 1. The minimum absolute atomic E-state index is 0.119. The lowest BCUT2D eigenvalue weighted by Gasteiger charge is -2.43. The zero-order valence-electron chi connectivity index (χ0n) is 11.7. The Kier molecular flexibility index (Phi) is 3.65. The number of hydrogen-bond acceptors (Lipinski definition) is 3. The van der Waals surface area contributed by atoms with Gasteiger partial charge in [-0.2, -0.15) is 0 Å². The molecule has 3 heteroatoms. The van der Waals surface area contributed by atoms with E-state index in [4.69, 9.17) is 10.5 Å². The molecule has 0 spiro atoms. The first-order chi connectivity index (χ1) is 8.43. The van der Waals surface area contributed by atoms with Gasteiger partial charge in [0.2, 0.25) is 0 Å². The van der Waals surface area contributed by atoms with Crippen LogP contribution >= 0.6 is 11.8 Å². The van der Waals surface area contributed by atoms with Crippen molar-refractivity contribution in [1.82, 2.24) is 0 Å². The van der Waals surface area contributed by atoms with Crippen LogP contribution in [0.1, 0.15) is 38.3 Å². The molecule has 1 aromatic carbocycles. The molecule has 1 heterocycles. The largest absolute Gasteiger partial charge is 0.497 e. The number of fused-ring (bicyclic) bond motifs is 1. The summed E-state index contributed by atoms with van der Waals surface area (Å²) in [6.45, 7) is 7.65. The molecule has 0 radical (unpaired) electrons. The highest BCUT2D eigenvalue weighted by Gasteiger charge is 2.40. The second-order valence-corrected chi connectivity index (χ2v) is 7.33. The maximum Gasteiger partial charge on any atom is 0.119 e. The van der Waals surface area contributed by atoms with Crippen LogP contribution in [0.15, 0.2) is 18.2 Å². The summed E-state index contributed by atoms with van der Waals surface area (Å²) < 4.78 is 5.50. The van der Waals surface area contributed by atoms with Crippen LogP contribution in [-0.2, 0) is 10.2 Å². The van der Waals surface area contributed by atoms with Gasteiger partial charge in [-0.1, -0.05) is 19.9 Å². The summed E-state index contributed by atoms with van der Waals surface area (Å²) in [7, 11) is 1.73. The first-order valence-electron chi connectivity index (χ1n) is 6.46. The van der Waals surface area contributed by atoms with Gasteiger partial charge in [0.15, 0.2) is 0 Å². The smallest absolute Gasteiger partial charge is 0.119 e. The Hall–Kier alpha value is -0.670. The normalized spacial score (nSPS) is 25.6. The highest BCUT2D eigenvalue weighted by atomic mass is 32.2. The predicted octanol–water partition coefficient (Wildman–Crippen LogP) is 3.28. The Morgan fingerprint density at radius 1 is 1.28 bits per heavy atom. The number of benzene rings is 1. The van der Waals surface area contributed by atoms with E-state index in [9.17, 15) is 0 Å². The van der Waals surface area contributed by atoms with Crippen molar-refractivity contribution in [2.75, 3.05) is 19.4 Å². The van der Waals surface area contributed by atoms with Crippen LogP contribution in [0.3, 0.4) is 0 Å². The molecule has 0 saturated carbocycles. The fraction of sp³-hybridized carbons (Fsp3) is 0.600. The van der Waals surface area contributed by atoms with Crippen molar-refractivity contribution in [3.63, 3.8) is 0 Å². The second kappa shape index (κ2) is 4.78. The zero-order chi connectivity index (χ0) is 13.4. The van der Waals surface area contributed by atoms with Gasteiger partial charge in [-0.05, 0) is 48.6 Å². The molecule has 0 aromatic heterocycles. The molecular weight excluding hydrogens is 242 g/mol. The lowest BCUT2D eigenvalue weighted by molar-refractivity contribution is 0.411. The van der Waals surface area contributed by atoms with Gasteiger partial charge < -0.3 is 10.5 Å². The lowest BCUT2D eigenvalue weighted by Crippen LogP contribution is -2.36. The molecular formula is C15H23NOS. The highest BCUT2D eigenvalue weighted by molar-refractivity contribution is 8.00. The summed E-state index contributed by atoms with van der Waals surface area (Å²) in [5.41, 5.74) is 8.86. The van der Waals surface area contributed by atoms with Gasteiger partial charge in [-0.15, -0.1) is 11.8 Å². The van der Waals surface area contributed by atoms with E-state index >= 15 is 0 Å². The van der Waals surface area contributed by atoms with Gasteiger partial charge in [0.05, 0.1) is 7.11 Å². The SMILES string of the molecule is COc1ccc2c(c1)C(C)(CCN)SCC2(C)C. The molecule has 100 valence electrons. The molecule has 2 rings (SSSR count). The molecule has 0 bridgehead atoms. The fourth-order valence-electron chi connectivity index (χ4n) is 2.66. The average molecular weight is 265 g/mol. The fourth-order valence-corrected chi connectivity index (χ4v) is 4.08. The summed E-state index contributed by atoms with van der Waals surface area (Å²) >= 11 is 2.02. The van der Waals surface area contributed by atoms with E-state index in [0.29, 0.717) is 0 Å². The lowest BCUT2D eigenvalue weighted by atomic mass is 9.78. The highest BCUT2D eigenvalue weighted by Crippen LogP contribution is 2.51. The minimum Gasteiger partial charge on any atom is -0.497 e. The molecule has 1 aliphatic rings. The van der Waals surface area contributed by atoms with E-state index in [-0.39, 0.29) is 10.2 Å². The van der Waals surface area contributed by atoms with E-state index in [1.165, 1.54) is 11.1 Å². The van der Waals surface area contributed by atoms with Crippen LogP contribution in [0.2, 0.25) is 0 Å². The van der Waals surface area contributed by atoms with Gasteiger partial charge in [-0.25, -0.2) is 0 Å². The van der Waals surface area contributed by atoms with E-state index in [2.05, 4.69) is 39.0 Å². The number of ether oxygens (including phenoxy) is 1. The van der Waals surface area contributed by atoms with Gasteiger partial charge in [0, 0.05) is 10.5 Å². The van der Waals surface area contributed by atoms with Crippen molar-refractivity contribution < 1.29 is 4.74 Å². The van der Waals surface area contributed by atoms with Gasteiger partial charge in [0.25, 0.3) is 0 Å². The standard InChI is InChI=1S/C15H23NOS/c1-14(2)10-18-15(3,7-8-16)13-9-11(17-4)5-6-12(13)14/h5-6,9H,7-8,10,16H2,1-4H3. The molecule has 0 saturated heterocycles. The van der Waals surface area contributed by atoms with E-state index in [1.807, 2.05) is 11.8 Å². The van der Waals surface area contributed by atoms with Crippen LogP contribution < -0.4 is 10.5 Å². The van der Waals surface area contributed by atoms with Crippen LogP contribution in [0.25, 0.3) is 0 Å². The Morgan fingerprint density at radius 3 is 2.61 bits per heavy atom. The van der Waals surface area contributed by atoms with Gasteiger partial charge in [0.1, 0.15) is 5.75 Å². The van der Waals surface area contributed by atoms with Crippen molar-refractivity contribution in [3.8, 4) is 5.75 Å². The van der Waals surface area contributed by atoms with Crippen molar-refractivity contribution in [1.29, 1.82) is 0 Å². The van der Waals surface area contributed by atoms with Crippen molar-refractivity contribution in [2.45, 2.75) is 37.4 Å². The summed E-state index contributed by atoms with van der Waals surface area (Å²) in [5.74, 6) is 2.08. The van der Waals surface area contributed by atoms with Crippen molar-refractivity contribution in [2.24, 2.45) is 5.73 Å². The number of rotatable bonds is 3. The van der Waals surface area contributed by atoms with Crippen molar-refractivity contribution >= 4 is 11.8 Å². The molecule has 1 unspecified atom stereocenters. The monoisotopic (exact) mass is 265 g/mol. The van der Waals surface area contributed by atoms with E-state index < -0.39 is 0 Å². The van der Waals surface area contributed by atoms with Crippen LogP contribution in [0.5, 0.6) is 5.75 Å². The van der Waals surface area contributed by atoms with Crippen molar-refractivity contribution in [3.05, 3.63) is 29.3 Å². The summed E-state index contributed by atoms with van der Waals surface area (Å²) in [6.07, 6.45) is 1.01. The first kappa shape index (κ1) is 13.8. The topological polar surface area (TPSA) is 35.2 Å². The van der Waals surface area contributed by atoms with E-state index in [1.54, 1.807) is 7.11 Å². The third kappa shape index (κ3) is 2.26. The molecule has 2 nitrogen and oxygen atoms in total. The molecule has 1 atom stereocenters. The molecule has 0 aliphatic carbocycles. The molecule has 1 aliphatic heterocycles. The molecule has 18 heavy (non-hydrogen) atoms. The maximum absolute atomic E-state index is 5.80. The average Bonchev–Trinajstić information content (AvgIpc) is 2.35. The summed E-state index contributed by atoms with van der Waals surface area (Å²) in [4.78, 5) is 0. The maximum atomic E-state index is 5.80. The van der Waals surface area contributed by atoms with E-state index in [0.717, 1.165) is 24.5 Å². The third-order valence-corrected chi connectivity index (χ3v) is 5.83. The number of thioether (sulfide) groups is 1. The van der Waals surface area contributed by atoms with Crippen LogP contribution in [0.4, 0.5) is 0 Å². The Labute approximate surface area is 114 Å². The zero-order valence-corrected chi connectivity index (χ0v) is 12.6. The van der Waals surface area contributed by atoms with Crippen LogP contribution in [-0.4, -0.2) is 19.4 Å². The molecule has 0 fully saturated rings. The second-order valence-electron chi connectivity index (χ2n) is 5.85. The molecule has 2 N–H and O–H groups in total.